The summed E-state index contributed by atoms with van der Waals surface area (Å²) in [6.07, 6.45) is -10.1. The number of halogens is 6. The molecular weight excluding hydrogens is 410 g/mol. The van der Waals surface area contributed by atoms with Crippen LogP contribution in [0.2, 0.25) is 0 Å². The first kappa shape index (κ1) is 19.8. The van der Waals surface area contributed by atoms with Gasteiger partial charge in [-0.05, 0) is 54.0 Å². The maximum Gasteiger partial charge on any atom is 0.416 e. The van der Waals surface area contributed by atoms with Crippen molar-refractivity contribution >= 4 is 17.5 Å². The first-order valence-electron chi connectivity index (χ1n) is 7.43. The molecule has 0 radical (unpaired) electrons. The monoisotopic (exact) mass is 418 g/mol. The Balaban J connectivity index is 1.87. The highest BCUT2D eigenvalue weighted by Crippen LogP contribution is 2.36. The molecule has 0 saturated heterocycles. The average molecular weight is 418 g/mol. The zero-order valence-corrected chi connectivity index (χ0v) is 14.3. The minimum Gasteiger partial charge on any atom is -0.423 e. The Morgan fingerprint density at radius 1 is 0.893 bits per heavy atom. The van der Waals surface area contributed by atoms with Gasteiger partial charge in [0.2, 0.25) is 0 Å². The first-order chi connectivity index (χ1) is 13.0. The number of nitrogens with zero attached hydrogens (tertiary/aromatic N) is 2. The normalized spacial score (nSPS) is 12.1. The summed E-state index contributed by atoms with van der Waals surface area (Å²) in [5.74, 6) is -1.40. The standard InChI is InChI=1S/C17H8F6N2O2S/c18-16(19,20)11-5-10(6-12(7-11)17(21,22)23)15(26)27-13-3-1-9(2-4-13)14-8-28-25-24-14/h1-8H. The molecule has 3 rings (SSSR count). The highest BCUT2D eigenvalue weighted by Gasteiger charge is 2.37. The molecule has 0 N–H and O–H groups in total. The van der Waals surface area contributed by atoms with Crippen molar-refractivity contribution in [2.24, 2.45) is 0 Å². The molecule has 3 aromatic rings. The smallest absolute Gasteiger partial charge is 0.416 e. The van der Waals surface area contributed by atoms with E-state index in [2.05, 4.69) is 9.59 Å². The Hall–Kier alpha value is -2.95. The van der Waals surface area contributed by atoms with Gasteiger partial charge in [0.05, 0.1) is 16.7 Å². The fourth-order valence-electron chi connectivity index (χ4n) is 2.22. The van der Waals surface area contributed by atoms with E-state index in [1.54, 1.807) is 5.38 Å². The predicted molar refractivity (Wildman–Crippen MR) is 86.7 cm³/mol. The van der Waals surface area contributed by atoms with Crippen LogP contribution in [0.5, 0.6) is 5.75 Å². The number of rotatable bonds is 3. The van der Waals surface area contributed by atoms with E-state index in [4.69, 9.17) is 4.74 Å². The lowest BCUT2D eigenvalue weighted by Crippen LogP contribution is -2.15. The van der Waals surface area contributed by atoms with Gasteiger partial charge >= 0.3 is 18.3 Å². The molecule has 0 amide bonds. The number of hydrogen-bond donors (Lipinski definition) is 0. The van der Waals surface area contributed by atoms with Crippen LogP contribution in [0.3, 0.4) is 0 Å². The number of aromatic nitrogens is 2. The maximum absolute atomic E-state index is 12.9. The van der Waals surface area contributed by atoms with E-state index in [1.807, 2.05) is 0 Å². The highest BCUT2D eigenvalue weighted by molar-refractivity contribution is 7.03. The van der Waals surface area contributed by atoms with E-state index >= 15 is 0 Å². The summed E-state index contributed by atoms with van der Waals surface area (Å²) < 4.78 is 85.8. The van der Waals surface area contributed by atoms with Crippen molar-refractivity contribution in [1.82, 2.24) is 9.59 Å². The van der Waals surface area contributed by atoms with Crippen molar-refractivity contribution in [2.75, 3.05) is 0 Å². The molecule has 1 heterocycles. The van der Waals surface area contributed by atoms with Crippen LogP contribution < -0.4 is 4.74 Å². The number of hydrogen-bond acceptors (Lipinski definition) is 5. The number of carbonyl (C=O) groups excluding carboxylic acids is 1. The molecule has 0 unspecified atom stereocenters. The third-order valence-corrected chi connectivity index (χ3v) is 4.05. The topological polar surface area (TPSA) is 52.1 Å². The van der Waals surface area contributed by atoms with Gasteiger partial charge in [0.25, 0.3) is 0 Å². The van der Waals surface area contributed by atoms with E-state index in [9.17, 15) is 31.1 Å². The molecule has 0 fully saturated rings. The first-order valence-corrected chi connectivity index (χ1v) is 8.27. The van der Waals surface area contributed by atoms with Crippen LogP contribution in [0.4, 0.5) is 26.3 Å². The van der Waals surface area contributed by atoms with E-state index in [-0.39, 0.29) is 11.8 Å². The van der Waals surface area contributed by atoms with Crippen molar-refractivity contribution in [3.8, 4) is 17.0 Å². The summed E-state index contributed by atoms with van der Waals surface area (Å²) >= 11 is 1.12. The van der Waals surface area contributed by atoms with E-state index in [0.29, 0.717) is 23.4 Å². The molecule has 2 aromatic carbocycles. The van der Waals surface area contributed by atoms with Gasteiger partial charge in [-0.1, -0.05) is 4.49 Å². The second-order valence-electron chi connectivity index (χ2n) is 5.50. The second kappa shape index (κ2) is 7.23. The van der Waals surface area contributed by atoms with Crippen molar-refractivity contribution < 1.29 is 35.9 Å². The molecule has 0 spiro atoms. The van der Waals surface area contributed by atoms with Crippen molar-refractivity contribution in [2.45, 2.75) is 12.4 Å². The van der Waals surface area contributed by atoms with Crippen molar-refractivity contribution in [1.29, 1.82) is 0 Å². The predicted octanol–water partition coefficient (Wildman–Crippen LogP) is 5.46. The summed E-state index contributed by atoms with van der Waals surface area (Å²) in [7, 11) is 0. The third kappa shape index (κ3) is 4.47. The van der Waals surface area contributed by atoms with Gasteiger partial charge in [0.1, 0.15) is 11.4 Å². The summed E-state index contributed by atoms with van der Waals surface area (Å²) in [6, 6.07) is 6.28. The van der Waals surface area contributed by atoms with Crippen LogP contribution in [-0.2, 0) is 12.4 Å². The van der Waals surface area contributed by atoms with Crippen LogP contribution in [0, 0.1) is 0 Å². The number of ether oxygens (including phenoxy) is 1. The number of esters is 1. The average Bonchev–Trinajstić information content (AvgIpc) is 3.15. The lowest BCUT2D eigenvalue weighted by Gasteiger charge is -2.13. The molecule has 146 valence electrons. The highest BCUT2D eigenvalue weighted by atomic mass is 32.1. The zero-order chi connectivity index (χ0) is 20.5. The van der Waals surface area contributed by atoms with Gasteiger partial charge in [-0.25, -0.2) is 4.79 Å². The lowest BCUT2D eigenvalue weighted by atomic mass is 10.0. The van der Waals surface area contributed by atoms with E-state index < -0.39 is 35.0 Å². The second-order valence-corrected chi connectivity index (χ2v) is 6.11. The van der Waals surface area contributed by atoms with Crippen molar-refractivity contribution in [3.63, 3.8) is 0 Å². The van der Waals surface area contributed by atoms with Gasteiger partial charge in [0.15, 0.2) is 0 Å². The molecule has 0 aliphatic carbocycles. The number of benzene rings is 2. The van der Waals surface area contributed by atoms with E-state index in [0.717, 1.165) is 11.5 Å². The van der Waals surface area contributed by atoms with Crippen LogP contribution in [0.1, 0.15) is 21.5 Å². The van der Waals surface area contributed by atoms with Gasteiger partial charge < -0.3 is 4.74 Å². The van der Waals surface area contributed by atoms with Crippen molar-refractivity contribution in [3.05, 3.63) is 64.5 Å². The molecule has 0 aliphatic rings. The Kier molecular flexibility index (Phi) is 5.11. The molecule has 0 bridgehead atoms. The van der Waals surface area contributed by atoms with Gasteiger partial charge in [-0.3, -0.25) is 0 Å². The number of carbonyl (C=O) groups is 1. The minimum absolute atomic E-state index is 0.0529. The Bertz CT molecular complexity index is 950. The summed E-state index contributed by atoms with van der Waals surface area (Å²) in [4.78, 5) is 12.1. The Morgan fingerprint density at radius 2 is 1.46 bits per heavy atom. The molecule has 4 nitrogen and oxygen atoms in total. The third-order valence-electron chi connectivity index (χ3n) is 3.54. The summed E-state index contributed by atoms with van der Waals surface area (Å²) in [6.45, 7) is 0. The largest absolute Gasteiger partial charge is 0.423 e. The van der Waals surface area contributed by atoms with Crippen LogP contribution in [-0.4, -0.2) is 15.6 Å². The number of alkyl halides is 6. The fraction of sp³-hybridized carbons (Fsp3) is 0.118. The molecule has 1 aromatic heterocycles. The molecule has 0 aliphatic heterocycles. The summed E-state index contributed by atoms with van der Waals surface area (Å²) in [5, 5.41) is 5.51. The molecule has 0 saturated carbocycles. The molecule has 11 heteroatoms. The molecule has 28 heavy (non-hydrogen) atoms. The Labute approximate surface area is 157 Å². The maximum atomic E-state index is 12.9. The molecule has 0 atom stereocenters. The van der Waals surface area contributed by atoms with Gasteiger partial charge in [-0.15, -0.1) is 5.10 Å². The lowest BCUT2D eigenvalue weighted by molar-refractivity contribution is -0.143. The zero-order valence-electron chi connectivity index (χ0n) is 13.5. The van der Waals surface area contributed by atoms with E-state index in [1.165, 1.54) is 24.3 Å². The quantitative estimate of drug-likeness (QED) is 0.322. The van der Waals surface area contributed by atoms with Crippen LogP contribution >= 0.6 is 11.5 Å². The Morgan fingerprint density at radius 3 is 1.93 bits per heavy atom. The SMILES string of the molecule is O=C(Oc1ccc(-c2csnn2)cc1)c1cc(C(F)(F)F)cc(C(F)(F)F)c1. The molecular formula is C17H8F6N2O2S. The summed E-state index contributed by atoms with van der Waals surface area (Å²) in [5.41, 5.74) is -2.85. The van der Waals surface area contributed by atoms with Crippen LogP contribution in [0.25, 0.3) is 11.3 Å². The van der Waals surface area contributed by atoms with Crippen LogP contribution in [0.15, 0.2) is 47.8 Å². The minimum atomic E-state index is -5.06. The van der Waals surface area contributed by atoms with Gasteiger partial charge in [-0.2, -0.15) is 26.3 Å². The van der Waals surface area contributed by atoms with Gasteiger partial charge in [0, 0.05) is 10.9 Å². The fourth-order valence-corrected chi connectivity index (χ4v) is 2.69.